The average molecular weight is 1710 g/mol. The van der Waals surface area contributed by atoms with Crippen molar-refractivity contribution in [2.24, 2.45) is 10.3 Å². The van der Waals surface area contributed by atoms with E-state index in [0.717, 1.165) is 50.7 Å². The zero-order chi connectivity index (χ0) is 81.9. The molecule has 4 heterocycles. The number of nitrogens with zero attached hydrogens (tertiary/aromatic N) is 11. The number of sulfonamides is 2. The summed E-state index contributed by atoms with van der Waals surface area (Å²) in [5.41, 5.74) is 39.6. The smallest absolute Gasteiger partial charge is 0.316 e. The minimum Gasteiger partial charge on any atom is -0.481 e. The van der Waals surface area contributed by atoms with Gasteiger partial charge in [-0.3, -0.25) is 32.7 Å². The van der Waals surface area contributed by atoms with Gasteiger partial charge in [0.1, 0.15) is 5.78 Å². The molecule has 4 saturated carbocycles. The van der Waals surface area contributed by atoms with Gasteiger partial charge in [-0.15, -0.1) is 35.7 Å². The van der Waals surface area contributed by atoms with E-state index in [1.54, 1.807) is 18.3 Å². The number of ketones is 1. The van der Waals surface area contributed by atoms with Crippen LogP contribution in [0.5, 0.6) is 0 Å². The highest BCUT2D eigenvalue weighted by atomic mass is 35.5. The number of hydrogen-bond acceptors (Lipinski definition) is 24. The fourth-order valence-corrected chi connectivity index (χ4v) is 17.7. The predicted molar refractivity (Wildman–Crippen MR) is 459 cm³/mol. The maximum atomic E-state index is 12.7. The van der Waals surface area contributed by atoms with E-state index in [1.165, 1.54) is 168 Å². The lowest BCUT2D eigenvalue weighted by Gasteiger charge is -2.14. The maximum Gasteiger partial charge on any atom is 0.316 e. The molecule has 0 saturated heterocycles. The number of primary sulfonamides is 2. The topological polar surface area (TPSA) is 457 Å². The van der Waals surface area contributed by atoms with Crippen molar-refractivity contribution in [1.82, 2.24) is 59.1 Å². The minimum absolute atomic E-state index is 0.0401. The first-order chi connectivity index (χ1) is 55.7. The molecule has 0 radical (unpaired) electrons. The second kappa shape index (κ2) is 34.9. The number of ether oxygens (including phenoxy) is 1. The number of aromatic nitrogens is 12. The molecule has 0 amide bonds. The van der Waals surface area contributed by atoms with E-state index >= 15 is 0 Å². The highest BCUT2D eigenvalue weighted by molar-refractivity contribution is 8.00. The van der Waals surface area contributed by atoms with Gasteiger partial charge in [0.25, 0.3) is 0 Å². The summed E-state index contributed by atoms with van der Waals surface area (Å²) in [6.07, 6.45) is 9.99. The number of carboxylic acid groups (broad SMARTS) is 1. The summed E-state index contributed by atoms with van der Waals surface area (Å²) >= 11 is 20.6. The Balaban J connectivity index is 0.000000124. The maximum absolute atomic E-state index is 12.7. The van der Waals surface area contributed by atoms with Crippen LogP contribution in [0.25, 0.3) is 65.8 Å². The van der Waals surface area contributed by atoms with Crippen LogP contribution in [0.15, 0.2) is 207 Å². The van der Waals surface area contributed by atoms with Gasteiger partial charge in [0.05, 0.1) is 67.6 Å². The lowest BCUT2D eigenvalue weighted by atomic mass is 9.99. The molecule has 0 spiro atoms. The van der Waals surface area contributed by atoms with Gasteiger partial charge < -0.3 is 38.5 Å². The van der Waals surface area contributed by atoms with Crippen LogP contribution in [0, 0.1) is 4.77 Å². The predicted octanol–water partition coefficient (Wildman–Crippen LogP) is 14.4. The molecule has 14 aromatic rings. The van der Waals surface area contributed by atoms with Crippen molar-refractivity contribution in [3.8, 4) is 22.7 Å². The number of fused-ring (bicyclic) bond motifs is 4. The number of nitrogens with two attached hydrogens (primary N) is 7. The van der Waals surface area contributed by atoms with Crippen molar-refractivity contribution in [2.45, 2.75) is 107 Å². The zero-order valence-corrected chi connectivity index (χ0v) is 68.4. The number of halogens is 2. The van der Waals surface area contributed by atoms with E-state index in [-0.39, 0.29) is 67.2 Å². The number of rotatable bonds is 21. The van der Waals surface area contributed by atoms with Crippen LogP contribution in [0.4, 0.5) is 29.5 Å². The second-order valence-electron chi connectivity index (χ2n) is 27.8. The molecule has 18 rings (SSSR count). The number of nitrogens with one attached hydrogen (secondary N) is 1. The second-order valence-corrected chi connectivity index (χ2v) is 35.0. The summed E-state index contributed by atoms with van der Waals surface area (Å²) in [4.78, 5) is 34.9. The zero-order valence-electron chi connectivity index (χ0n) is 62.0. The summed E-state index contributed by atoms with van der Waals surface area (Å²) in [5, 5.41) is 61.2. The number of hydrogen-bond donors (Lipinski definition) is 9. The third-order valence-electron chi connectivity index (χ3n) is 19.7. The number of esters is 1. The fourth-order valence-electron chi connectivity index (χ4n) is 13.6. The lowest BCUT2D eigenvalue weighted by Crippen LogP contribution is -2.13. The van der Waals surface area contributed by atoms with Crippen molar-refractivity contribution in [2.75, 3.05) is 53.0 Å². The van der Waals surface area contributed by atoms with E-state index in [0.29, 0.717) is 67.1 Å². The molecule has 4 aliphatic rings. The molecular formula is C80H77Cl2N19O9S6. The Morgan fingerprint density at radius 2 is 0.793 bits per heavy atom. The Bertz CT molecular complexity index is 6440. The number of Topliss-reactive ketones (excluding diaryl/α,β-unsaturated/α-hetero) is 1. The third-order valence-corrected chi connectivity index (χ3v) is 25.3. The summed E-state index contributed by atoms with van der Waals surface area (Å²) < 4.78 is 56.8. The molecule has 28 nitrogen and oxygen atoms in total. The number of carbonyl (C=O) groups excluding carboxylic acids is 2. The van der Waals surface area contributed by atoms with Crippen LogP contribution in [-0.4, -0.2) is 123 Å². The van der Waals surface area contributed by atoms with E-state index < -0.39 is 26.0 Å². The number of benzene rings is 10. The fraction of sp³-hybridized carbons (Fsp3) is 0.212. The summed E-state index contributed by atoms with van der Waals surface area (Å²) in [6.45, 7) is 0. The molecule has 0 unspecified atom stereocenters. The molecular weight excluding hydrogens is 1630 g/mol. The minimum atomic E-state index is -3.87. The standard InChI is InChI=1S/C24H22ClN5O3S2.C18H18N4O2S.C17H16N4O2S.C15H14N4S.C6H7ClN2O2S/c25-21-12-17(35(27,32)33)8-7-15(21)11-16(31)13-34-24-29-28-23(26)30(24)22-10-9-18(14-5-6-14)19-3-1-2-4-20(19)22;1-24-16(23)10-25-18-21-20-17(19)22(18)15-9-8-12(11-6-7-11)13-4-2-3-5-14(13)15;18-16-19-20-17(24-9-15(22)23)21(16)14-8-7-11(10-5-6-10)12-3-1-2-4-13(12)14;16-14-17-18-15(20)19(14)13-8-7-10(9-5-6-9)11-3-1-2-4-12(11)13;7-5-3-4(12(9,10)11)1-2-6(5)8/h1-4,7-10,12,14H,5-6,11,13H2,(H2,26,28)(H2,27,32,33);2-5,8-9,11H,6-7,10H2,1H3,(H2,19,20);1-4,7-8,10H,5-6,9H2,(H2,18,19)(H,22,23);1-4,7-9H,5-6H2,(H2,16,17)(H,18,20);1-3H,8H2,(H2,9,10,11). The number of aliphatic carboxylic acids is 1. The van der Waals surface area contributed by atoms with Crippen LogP contribution in [0.2, 0.25) is 10.0 Å². The summed E-state index contributed by atoms with van der Waals surface area (Å²) in [6, 6.07) is 58.0. The van der Waals surface area contributed by atoms with Crippen LogP contribution >= 0.6 is 70.7 Å². The van der Waals surface area contributed by atoms with Gasteiger partial charge in [-0.25, -0.2) is 32.2 Å². The highest BCUT2D eigenvalue weighted by Crippen LogP contribution is 2.48. The first-order valence-electron chi connectivity index (χ1n) is 36.4. The number of nitrogen functional groups attached to an aromatic ring is 5. The van der Waals surface area contributed by atoms with Gasteiger partial charge in [-0.05, 0) is 191 Å². The number of aromatic amines is 1. The van der Waals surface area contributed by atoms with E-state index in [1.807, 2.05) is 48.5 Å². The number of H-pyrrole nitrogens is 1. The average Bonchev–Trinajstić information content (AvgIpc) is 1.53. The molecule has 36 heteroatoms. The van der Waals surface area contributed by atoms with Crippen molar-refractivity contribution in [3.05, 3.63) is 225 Å². The normalized spacial score (nSPS) is 13.9. The largest absolute Gasteiger partial charge is 0.481 e. The van der Waals surface area contributed by atoms with Crippen molar-refractivity contribution in [1.29, 1.82) is 0 Å². The van der Waals surface area contributed by atoms with Crippen LogP contribution in [0.1, 0.15) is 103 Å². The van der Waals surface area contributed by atoms with Gasteiger partial charge in [-0.1, -0.05) is 186 Å². The van der Waals surface area contributed by atoms with Crippen LogP contribution < -0.4 is 38.9 Å². The number of carbonyl (C=O) groups is 3. The van der Waals surface area contributed by atoms with Crippen molar-refractivity contribution in [3.63, 3.8) is 0 Å². The van der Waals surface area contributed by atoms with E-state index in [4.69, 9.17) is 84.2 Å². The Labute approximate surface area is 693 Å². The Hall–Kier alpha value is -10.9. The van der Waals surface area contributed by atoms with Gasteiger partial charge in [0.2, 0.25) is 48.6 Å². The molecule has 0 atom stereocenters. The monoisotopic (exact) mass is 1710 g/mol. The molecule has 4 aromatic heterocycles. The summed E-state index contributed by atoms with van der Waals surface area (Å²) in [7, 11) is -6.18. The number of methoxy groups -OCH3 is 1. The molecule has 4 aliphatic carbocycles. The van der Waals surface area contributed by atoms with Gasteiger partial charge in [0.15, 0.2) is 15.5 Å². The van der Waals surface area contributed by atoms with Crippen LogP contribution in [-0.2, 0) is 45.6 Å². The quantitative estimate of drug-likeness (QED) is 0.0140. The first-order valence-corrected chi connectivity index (χ1v) is 43.7. The lowest BCUT2D eigenvalue weighted by molar-refractivity contribution is -0.137. The van der Waals surface area contributed by atoms with Gasteiger partial charge >= 0.3 is 11.9 Å². The molecule has 596 valence electrons. The SMILES string of the molecule is COC(=O)CSc1nnc(N)n1-c1ccc(C2CC2)c2ccccc12.Nc1ccc(S(N)(=O)=O)cc1Cl.Nc1n[nH]c(=S)n1-c1ccc(C2CC2)c2ccccc12.Nc1nnc(SCC(=O)Cc2ccc(S(N)(=O)=O)cc2Cl)n1-c1ccc(C2CC2)c2ccccc12.Nc1nnc(SCC(=O)O)n1-c1ccc(C2CC2)c2ccccc12. The van der Waals surface area contributed by atoms with E-state index in [9.17, 15) is 31.2 Å². The van der Waals surface area contributed by atoms with Crippen molar-refractivity contribution >= 4 is 181 Å². The third kappa shape index (κ3) is 18.6. The molecule has 116 heavy (non-hydrogen) atoms. The molecule has 10 aromatic carbocycles. The highest BCUT2D eigenvalue weighted by Gasteiger charge is 2.31. The van der Waals surface area contributed by atoms with Crippen molar-refractivity contribution < 1.29 is 41.1 Å². The number of thioether (sulfide) groups is 3. The molecule has 16 N–H and O–H groups in total. The van der Waals surface area contributed by atoms with Gasteiger partial charge in [-0.2, -0.15) is 0 Å². The Morgan fingerprint density at radius 3 is 1.11 bits per heavy atom. The molecule has 4 fully saturated rings. The van der Waals surface area contributed by atoms with E-state index in [2.05, 4.69) is 138 Å². The van der Waals surface area contributed by atoms with Crippen LogP contribution in [0.3, 0.4) is 0 Å². The number of carboxylic acids is 1. The Kier molecular flexibility index (Phi) is 24.5. The molecule has 0 bridgehead atoms. The van der Waals surface area contributed by atoms with Gasteiger partial charge in [0, 0.05) is 33.0 Å². The Morgan fingerprint density at radius 1 is 0.457 bits per heavy atom. The number of anilines is 5. The first kappa shape index (κ1) is 81.6. The molecule has 0 aliphatic heterocycles. The summed E-state index contributed by atoms with van der Waals surface area (Å²) in [5.74, 6) is 2.67.